The van der Waals surface area contributed by atoms with Crippen molar-refractivity contribution in [2.45, 2.75) is 64.1 Å². The van der Waals surface area contributed by atoms with E-state index in [1.165, 1.54) is 5.56 Å². The van der Waals surface area contributed by atoms with Gasteiger partial charge in [0.15, 0.2) is 0 Å². The average molecular weight is 274 g/mol. The molecule has 110 valence electrons. The molecule has 3 heteroatoms. The number of amides is 1. The van der Waals surface area contributed by atoms with Crippen LogP contribution in [0, 0.1) is 0 Å². The molecule has 0 heterocycles. The highest BCUT2D eigenvalue weighted by atomic mass is 16.2. The lowest BCUT2D eigenvalue weighted by Crippen LogP contribution is -2.55. The summed E-state index contributed by atoms with van der Waals surface area (Å²) in [6, 6.07) is 10.4. The zero-order chi connectivity index (χ0) is 14.6. The molecule has 0 aromatic heterocycles. The van der Waals surface area contributed by atoms with Crippen molar-refractivity contribution in [3.8, 4) is 0 Å². The van der Waals surface area contributed by atoms with E-state index < -0.39 is 5.54 Å². The molecule has 1 fully saturated rings. The molecule has 1 aromatic carbocycles. The minimum atomic E-state index is -0.627. The maximum absolute atomic E-state index is 12.9. The zero-order valence-corrected chi connectivity index (χ0v) is 12.6. The van der Waals surface area contributed by atoms with Crippen LogP contribution in [0.2, 0.25) is 0 Å². The SMILES string of the molecule is CCC(C)N(Cc1ccccc1)C(=O)C1(N)CCCC1. The lowest BCUT2D eigenvalue weighted by atomic mass is 9.95. The molecule has 2 rings (SSSR count). The fraction of sp³-hybridized carbons (Fsp3) is 0.588. The van der Waals surface area contributed by atoms with Gasteiger partial charge in [0, 0.05) is 12.6 Å². The number of carbonyl (C=O) groups is 1. The van der Waals surface area contributed by atoms with Gasteiger partial charge in [-0.1, -0.05) is 50.1 Å². The maximum Gasteiger partial charge on any atom is 0.243 e. The smallest absolute Gasteiger partial charge is 0.243 e. The quantitative estimate of drug-likeness (QED) is 0.897. The molecule has 0 spiro atoms. The highest BCUT2D eigenvalue weighted by Crippen LogP contribution is 2.30. The van der Waals surface area contributed by atoms with E-state index >= 15 is 0 Å². The van der Waals surface area contributed by atoms with Gasteiger partial charge in [-0.3, -0.25) is 4.79 Å². The van der Waals surface area contributed by atoms with Gasteiger partial charge in [0.05, 0.1) is 5.54 Å². The molecule has 3 nitrogen and oxygen atoms in total. The number of hydrogen-bond acceptors (Lipinski definition) is 2. The lowest BCUT2D eigenvalue weighted by Gasteiger charge is -2.35. The number of carbonyl (C=O) groups excluding carboxylic acids is 1. The molecule has 0 saturated heterocycles. The molecule has 0 bridgehead atoms. The van der Waals surface area contributed by atoms with Gasteiger partial charge >= 0.3 is 0 Å². The van der Waals surface area contributed by atoms with Crippen molar-refractivity contribution in [2.24, 2.45) is 5.73 Å². The van der Waals surface area contributed by atoms with Gasteiger partial charge in [-0.25, -0.2) is 0 Å². The van der Waals surface area contributed by atoms with E-state index in [9.17, 15) is 4.79 Å². The molecule has 20 heavy (non-hydrogen) atoms. The fourth-order valence-electron chi connectivity index (χ4n) is 2.93. The van der Waals surface area contributed by atoms with Crippen molar-refractivity contribution in [3.63, 3.8) is 0 Å². The monoisotopic (exact) mass is 274 g/mol. The first-order valence-electron chi connectivity index (χ1n) is 7.70. The van der Waals surface area contributed by atoms with E-state index in [0.29, 0.717) is 6.54 Å². The van der Waals surface area contributed by atoms with Crippen LogP contribution in [-0.4, -0.2) is 22.4 Å². The first-order chi connectivity index (χ1) is 9.57. The van der Waals surface area contributed by atoms with Crippen molar-refractivity contribution in [1.29, 1.82) is 0 Å². The summed E-state index contributed by atoms with van der Waals surface area (Å²) in [5.74, 6) is 0.133. The summed E-state index contributed by atoms with van der Waals surface area (Å²) < 4.78 is 0. The van der Waals surface area contributed by atoms with Gasteiger partial charge in [0.25, 0.3) is 0 Å². The van der Waals surface area contributed by atoms with Gasteiger partial charge in [-0.2, -0.15) is 0 Å². The third kappa shape index (κ3) is 3.21. The van der Waals surface area contributed by atoms with Gasteiger partial charge in [0.2, 0.25) is 5.91 Å². The highest BCUT2D eigenvalue weighted by molar-refractivity contribution is 5.86. The zero-order valence-electron chi connectivity index (χ0n) is 12.6. The molecule has 0 radical (unpaired) electrons. The number of nitrogens with zero attached hydrogens (tertiary/aromatic N) is 1. The Morgan fingerprint density at radius 3 is 2.45 bits per heavy atom. The summed E-state index contributed by atoms with van der Waals surface area (Å²) in [7, 11) is 0. The topological polar surface area (TPSA) is 46.3 Å². The third-order valence-corrected chi connectivity index (χ3v) is 4.50. The Morgan fingerprint density at radius 2 is 1.90 bits per heavy atom. The Morgan fingerprint density at radius 1 is 1.30 bits per heavy atom. The minimum Gasteiger partial charge on any atom is -0.334 e. The van der Waals surface area contributed by atoms with Gasteiger partial charge < -0.3 is 10.6 Å². The second-order valence-electron chi connectivity index (χ2n) is 6.04. The van der Waals surface area contributed by atoms with E-state index in [0.717, 1.165) is 32.1 Å². The largest absolute Gasteiger partial charge is 0.334 e. The van der Waals surface area contributed by atoms with Gasteiger partial charge in [-0.05, 0) is 31.7 Å². The van der Waals surface area contributed by atoms with Gasteiger partial charge in [-0.15, -0.1) is 0 Å². The summed E-state index contributed by atoms with van der Waals surface area (Å²) in [6.45, 7) is 4.89. The summed E-state index contributed by atoms with van der Waals surface area (Å²) in [4.78, 5) is 14.8. The molecule has 2 N–H and O–H groups in total. The Hall–Kier alpha value is -1.35. The summed E-state index contributed by atoms with van der Waals surface area (Å²) in [5, 5.41) is 0. The number of rotatable bonds is 5. The van der Waals surface area contributed by atoms with Crippen LogP contribution in [0.15, 0.2) is 30.3 Å². The fourth-order valence-corrected chi connectivity index (χ4v) is 2.93. The van der Waals surface area contributed by atoms with E-state index in [-0.39, 0.29) is 11.9 Å². The van der Waals surface area contributed by atoms with Crippen molar-refractivity contribution in [1.82, 2.24) is 4.90 Å². The second-order valence-corrected chi connectivity index (χ2v) is 6.04. The molecule has 1 saturated carbocycles. The minimum absolute atomic E-state index is 0.133. The van der Waals surface area contributed by atoms with E-state index in [4.69, 9.17) is 5.73 Å². The lowest BCUT2D eigenvalue weighted by molar-refractivity contribution is -0.139. The predicted octanol–water partition coefficient (Wildman–Crippen LogP) is 3.09. The van der Waals surface area contributed by atoms with E-state index in [2.05, 4.69) is 26.0 Å². The van der Waals surface area contributed by atoms with E-state index in [1.54, 1.807) is 0 Å². The van der Waals surface area contributed by atoms with Crippen molar-refractivity contribution < 1.29 is 4.79 Å². The van der Waals surface area contributed by atoms with Crippen LogP contribution in [0.5, 0.6) is 0 Å². The second kappa shape index (κ2) is 6.40. The number of nitrogens with two attached hydrogens (primary N) is 1. The predicted molar refractivity (Wildman–Crippen MR) is 82.1 cm³/mol. The molecular weight excluding hydrogens is 248 g/mol. The van der Waals surface area contributed by atoms with Crippen LogP contribution in [-0.2, 0) is 11.3 Å². The van der Waals surface area contributed by atoms with Crippen LogP contribution in [0.25, 0.3) is 0 Å². The first kappa shape index (κ1) is 15.0. The molecule has 1 aromatic rings. The molecule has 1 aliphatic carbocycles. The molecule has 0 aliphatic heterocycles. The highest BCUT2D eigenvalue weighted by Gasteiger charge is 2.40. The van der Waals surface area contributed by atoms with Crippen LogP contribution >= 0.6 is 0 Å². The van der Waals surface area contributed by atoms with Crippen molar-refractivity contribution in [2.75, 3.05) is 0 Å². The first-order valence-corrected chi connectivity index (χ1v) is 7.70. The Balaban J connectivity index is 2.17. The van der Waals surface area contributed by atoms with Crippen LogP contribution < -0.4 is 5.73 Å². The number of hydrogen-bond donors (Lipinski definition) is 1. The number of benzene rings is 1. The Bertz CT molecular complexity index is 438. The molecule has 1 atom stereocenters. The van der Waals surface area contributed by atoms with Crippen LogP contribution in [0.1, 0.15) is 51.5 Å². The third-order valence-electron chi connectivity index (χ3n) is 4.50. The molecule has 1 amide bonds. The summed E-state index contributed by atoms with van der Waals surface area (Å²) >= 11 is 0. The summed E-state index contributed by atoms with van der Waals surface area (Å²) in [5.41, 5.74) is 6.90. The molecular formula is C17H26N2O. The van der Waals surface area contributed by atoms with Crippen molar-refractivity contribution >= 4 is 5.91 Å². The van der Waals surface area contributed by atoms with Gasteiger partial charge in [0.1, 0.15) is 0 Å². The Kier molecular flexibility index (Phi) is 4.81. The average Bonchev–Trinajstić information content (AvgIpc) is 2.92. The standard InChI is InChI=1S/C17H26N2O/c1-3-14(2)19(13-15-9-5-4-6-10-15)16(20)17(18)11-7-8-12-17/h4-6,9-10,14H,3,7-8,11-13,18H2,1-2H3. The van der Waals surface area contributed by atoms with Crippen LogP contribution in [0.3, 0.4) is 0 Å². The summed E-state index contributed by atoms with van der Waals surface area (Å²) in [6.07, 6.45) is 4.75. The van der Waals surface area contributed by atoms with Crippen LogP contribution in [0.4, 0.5) is 0 Å². The molecule has 1 aliphatic rings. The Labute approximate surface area is 122 Å². The molecule has 1 unspecified atom stereocenters. The van der Waals surface area contributed by atoms with E-state index in [1.807, 2.05) is 23.1 Å². The maximum atomic E-state index is 12.9. The normalized spacial score (nSPS) is 18.8. The van der Waals surface area contributed by atoms with Crippen molar-refractivity contribution in [3.05, 3.63) is 35.9 Å².